The molecule has 2 nitrogen and oxygen atoms in total. The van der Waals surface area contributed by atoms with Crippen LogP contribution >= 0.6 is 12.2 Å². The number of nitrogens with two attached hydrogens (primary N) is 1. The topological polar surface area (TPSA) is 29.3 Å². The predicted octanol–water partition coefficient (Wildman–Crippen LogP) is 2.94. The second-order valence-corrected chi connectivity index (χ2v) is 4.78. The van der Waals surface area contributed by atoms with E-state index in [-0.39, 0.29) is 0 Å². The predicted molar refractivity (Wildman–Crippen MR) is 78.2 cm³/mol. The molecule has 0 aromatic heterocycles. The van der Waals surface area contributed by atoms with Crippen molar-refractivity contribution in [1.82, 2.24) is 4.90 Å². The monoisotopic (exact) mass is 250 g/mol. The largest absolute Gasteiger partial charge is 0.389 e. The summed E-state index contributed by atoms with van der Waals surface area (Å²) < 4.78 is 0. The summed E-state index contributed by atoms with van der Waals surface area (Å²) in [6.07, 6.45) is 2.38. The van der Waals surface area contributed by atoms with Gasteiger partial charge >= 0.3 is 0 Å². The van der Waals surface area contributed by atoms with Crippen molar-refractivity contribution in [2.24, 2.45) is 5.73 Å². The highest BCUT2D eigenvalue weighted by molar-refractivity contribution is 7.80. The zero-order chi connectivity index (χ0) is 12.7. The fourth-order valence-electron chi connectivity index (χ4n) is 1.98. The van der Waals surface area contributed by atoms with E-state index in [4.69, 9.17) is 18.0 Å². The standard InChI is InChI=1S/C14H22N2S/c1-3-8-16(9-4-2)11-12-6-5-7-13(10-12)14(15)17/h5-7,10H,3-4,8-9,11H2,1-2H3,(H2,15,17). The molecule has 2 N–H and O–H groups in total. The van der Waals surface area contributed by atoms with Crippen LogP contribution in [0.5, 0.6) is 0 Å². The summed E-state index contributed by atoms with van der Waals surface area (Å²) in [5.41, 5.74) is 7.90. The average Bonchev–Trinajstić information content (AvgIpc) is 2.30. The molecule has 0 bridgehead atoms. The summed E-state index contributed by atoms with van der Waals surface area (Å²) in [6.45, 7) is 7.70. The highest BCUT2D eigenvalue weighted by atomic mass is 32.1. The summed E-state index contributed by atoms with van der Waals surface area (Å²) in [5, 5.41) is 0. The molecule has 17 heavy (non-hydrogen) atoms. The zero-order valence-corrected chi connectivity index (χ0v) is 11.6. The average molecular weight is 250 g/mol. The highest BCUT2D eigenvalue weighted by Gasteiger charge is 2.05. The van der Waals surface area contributed by atoms with Crippen molar-refractivity contribution in [2.45, 2.75) is 33.2 Å². The Balaban J connectivity index is 2.71. The summed E-state index contributed by atoms with van der Waals surface area (Å²) in [4.78, 5) is 2.95. The Kier molecular flexibility index (Phi) is 6.16. The quantitative estimate of drug-likeness (QED) is 0.754. The first-order valence-electron chi connectivity index (χ1n) is 6.28. The van der Waals surface area contributed by atoms with Gasteiger partial charge in [-0.1, -0.05) is 44.3 Å². The second-order valence-electron chi connectivity index (χ2n) is 4.34. The van der Waals surface area contributed by atoms with Gasteiger partial charge in [0.25, 0.3) is 0 Å². The van der Waals surface area contributed by atoms with E-state index in [9.17, 15) is 0 Å². The van der Waals surface area contributed by atoms with Gasteiger partial charge in [-0.2, -0.15) is 0 Å². The lowest BCUT2D eigenvalue weighted by Gasteiger charge is -2.21. The lowest BCUT2D eigenvalue weighted by atomic mass is 10.1. The van der Waals surface area contributed by atoms with Gasteiger partial charge < -0.3 is 5.73 Å². The Bertz CT molecular complexity index is 357. The van der Waals surface area contributed by atoms with Crippen molar-refractivity contribution in [1.29, 1.82) is 0 Å². The summed E-state index contributed by atoms with van der Waals surface area (Å²) >= 11 is 5.00. The maximum atomic E-state index is 5.65. The molecule has 0 amide bonds. The smallest absolute Gasteiger partial charge is 0.103 e. The number of rotatable bonds is 7. The molecular formula is C14H22N2S. The van der Waals surface area contributed by atoms with Gasteiger partial charge in [0.15, 0.2) is 0 Å². The van der Waals surface area contributed by atoms with E-state index >= 15 is 0 Å². The van der Waals surface area contributed by atoms with Gasteiger partial charge in [-0.15, -0.1) is 0 Å². The summed E-state index contributed by atoms with van der Waals surface area (Å²) in [6, 6.07) is 8.23. The van der Waals surface area contributed by atoms with E-state index in [2.05, 4.69) is 30.9 Å². The summed E-state index contributed by atoms with van der Waals surface area (Å²) in [5.74, 6) is 0. The molecule has 0 atom stereocenters. The fourth-order valence-corrected chi connectivity index (χ4v) is 2.11. The Morgan fingerprint density at radius 3 is 2.41 bits per heavy atom. The normalized spacial score (nSPS) is 10.8. The van der Waals surface area contributed by atoms with E-state index in [1.807, 2.05) is 12.1 Å². The van der Waals surface area contributed by atoms with Gasteiger partial charge in [0.2, 0.25) is 0 Å². The van der Waals surface area contributed by atoms with Crippen LogP contribution in [-0.4, -0.2) is 23.0 Å². The number of benzene rings is 1. The van der Waals surface area contributed by atoms with Crippen LogP contribution in [0.3, 0.4) is 0 Å². The van der Waals surface area contributed by atoms with Crippen LogP contribution in [0, 0.1) is 0 Å². The molecule has 0 saturated heterocycles. The van der Waals surface area contributed by atoms with Crippen molar-refractivity contribution in [3.63, 3.8) is 0 Å². The maximum Gasteiger partial charge on any atom is 0.103 e. The molecule has 0 fully saturated rings. The molecule has 0 spiro atoms. The number of hydrogen-bond donors (Lipinski definition) is 1. The number of hydrogen-bond acceptors (Lipinski definition) is 2. The van der Waals surface area contributed by atoms with Gasteiger partial charge in [0, 0.05) is 12.1 Å². The Morgan fingerprint density at radius 1 is 1.24 bits per heavy atom. The maximum absolute atomic E-state index is 5.65. The SMILES string of the molecule is CCCN(CCC)Cc1cccc(C(N)=S)c1. The lowest BCUT2D eigenvalue weighted by molar-refractivity contribution is 0.266. The molecule has 0 saturated carbocycles. The molecule has 1 aromatic carbocycles. The lowest BCUT2D eigenvalue weighted by Crippen LogP contribution is -2.25. The Morgan fingerprint density at radius 2 is 1.88 bits per heavy atom. The second kappa shape index (κ2) is 7.41. The molecule has 0 aliphatic carbocycles. The highest BCUT2D eigenvalue weighted by Crippen LogP contribution is 2.09. The fraction of sp³-hybridized carbons (Fsp3) is 0.500. The van der Waals surface area contributed by atoms with Gasteiger partial charge in [-0.3, -0.25) is 4.90 Å². The molecule has 0 radical (unpaired) electrons. The molecule has 1 rings (SSSR count). The van der Waals surface area contributed by atoms with Crippen molar-refractivity contribution in [3.05, 3.63) is 35.4 Å². The molecule has 0 heterocycles. The van der Waals surface area contributed by atoms with Crippen LogP contribution in [0.4, 0.5) is 0 Å². The molecular weight excluding hydrogens is 228 g/mol. The third-order valence-corrected chi connectivity index (χ3v) is 2.93. The van der Waals surface area contributed by atoms with Gasteiger partial charge in [-0.05, 0) is 37.6 Å². The first kappa shape index (κ1) is 14.1. The molecule has 0 unspecified atom stereocenters. The van der Waals surface area contributed by atoms with E-state index in [1.165, 1.54) is 18.4 Å². The van der Waals surface area contributed by atoms with Gasteiger partial charge in [0.05, 0.1) is 0 Å². The third-order valence-electron chi connectivity index (χ3n) is 2.70. The van der Waals surface area contributed by atoms with Crippen LogP contribution in [0.2, 0.25) is 0 Å². The van der Waals surface area contributed by atoms with Crippen LogP contribution in [0.15, 0.2) is 24.3 Å². The number of nitrogens with zero attached hydrogens (tertiary/aromatic N) is 1. The molecule has 1 aromatic rings. The Hall–Kier alpha value is -0.930. The van der Waals surface area contributed by atoms with E-state index in [0.717, 1.165) is 25.2 Å². The van der Waals surface area contributed by atoms with E-state index < -0.39 is 0 Å². The zero-order valence-electron chi connectivity index (χ0n) is 10.8. The van der Waals surface area contributed by atoms with Gasteiger partial charge in [0.1, 0.15) is 4.99 Å². The minimum Gasteiger partial charge on any atom is -0.389 e. The van der Waals surface area contributed by atoms with Crippen LogP contribution in [-0.2, 0) is 6.54 Å². The van der Waals surface area contributed by atoms with Crippen molar-refractivity contribution in [3.8, 4) is 0 Å². The Labute approximate surface area is 110 Å². The van der Waals surface area contributed by atoms with Crippen molar-refractivity contribution in [2.75, 3.05) is 13.1 Å². The summed E-state index contributed by atoms with van der Waals surface area (Å²) in [7, 11) is 0. The first-order chi connectivity index (χ1) is 8.17. The van der Waals surface area contributed by atoms with Crippen LogP contribution in [0.1, 0.15) is 37.8 Å². The van der Waals surface area contributed by atoms with Crippen LogP contribution in [0.25, 0.3) is 0 Å². The van der Waals surface area contributed by atoms with Crippen molar-refractivity contribution >= 4 is 17.2 Å². The minimum absolute atomic E-state index is 0.476. The minimum atomic E-state index is 0.476. The molecule has 0 aliphatic heterocycles. The molecule has 0 aliphatic rings. The first-order valence-corrected chi connectivity index (χ1v) is 6.69. The van der Waals surface area contributed by atoms with Crippen LogP contribution < -0.4 is 5.73 Å². The number of thiocarbonyl (C=S) groups is 1. The third kappa shape index (κ3) is 4.84. The van der Waals surface area contributed by atoms with Gasteiger partial charge in [-0.25, -0.2) is 0 Å². The van der Waals surface area contributed by atoms with E-state index in [0.29, 0.717) is 4.99 Å². The molecule has 94 valence electrons. The molecule has 3 heteroatoms. The van der Waals surface area contributed by atoms with E-state index in [1.54, 1.807) is 0 Å². The van der Waals surface area contributed by atoms with Crippen molar-refractivity contribution < 1.29 is 0 Å².